The Morgan fingerprint density at radius 1 is 1.08 bits per heavy atom. The molecule has 3 heterocycles. The first-order valence-corrected chi connectivity index (χ1v) is 12.3. The molecule has 0 amide bonds. The van der Waals surface area contributed by atoms with Crippen LogP contribution < -0.4 is 22.7 Å². The van der Waals surface area contributed by atoms with Crippen LogP contribution >= 0.6 is 7.60 Å². The number of hydrogen-bond donors (Lipinski definition) is 8. The van der Waals surface area contributed by atoms with E-state index in [4.69, 9.17) is 41.3 Å². The molecule has 0 fully saturated rings. The number of imidazole rings is 1. The number of hydrogen-bond acceptors (Lipinski definition) is 12. The van der Waals surface area contributed by atoms with E-state index < -0.39 is 37.9 Å². The van der Waals surface area contributed by atoms with Crippen molar-refractivity contribution in [1.29, 1.82) is 0 Å². The SMILES string of the molecule is Nc1ccn(C[C@@H](CO)OCP(=O)(O)O)c(=O)n1.Nc1nc(=O)c2ncn(CCC(CO)CO)c2[nH]1. The molecule has 0 bridgehead atoms. The summed E-state index contributed by atoms with van der Waals surface area (Å²) in [5, 5.41) is 27.0. The van der Waals surface area contributed by atoms with Crippen molar-refractivity contribution >= 4 is 30.5 Å². The van der Waals surface area contributed by atoms with Crippen molar-refractivity contribution in [1.82, 2.24) is 29.1 Å². The second kappa shape index (κ2) is 13.2. The number of nitrogens with one attached hydrogen (secondary N) is 1. The largest absolute Gasteiger partial charge is 0.396 e. The Kier molecular flexibility index (Phi) is 10.7. The van der Waals surface area contributed by atoms with Crippen molar-refractivity contribution in [2.75, 3.05) is 37.6 Å². The normalized spacial score (nSPS) is 12.5. The van der Waals surface area contributed by atoms with Gasteiger partial charge in [0, 0.05) is 31.9 Å². The van der Waals surface area contributed by atoms with Crippen LogP contribution in [0, 0.1) is 5.92 Å². The summed E-state index contributed by atoms with van der Waals surface area (Å²) in [4.78, 5) is 53.9. The second-order valence-electron chi connectivity index (χ2n) is 7.63. The van der Waals surface area contributed by atoms with Crippen LogP contribution in [0.3, 0.4) is 0 Å². The predicted molar refractivity (Wildman–Crippen MR) is 127 cm³/mol. The van der Waals surface area contributed by atoms with E-state index >= 15 is 0 Å². The standard InChI is InChI=1S/C10H15N5O3.C8H14N3O6P/c11-10-13-8-7(9(18)14-10)12-5-15(8)2-1-6(3-16)4-17;9-7-1-2-11(8(13)10-7)3-6(4-12)17-5-18(14,15)16/h5-6,16-17H,1-4H2,(H3,11,13,14,18);1-2,6,12H,3-5H2,(H2,9,10,13)(H2,14,15,16)/t;6-/m.0/s1. The van der Waals surface area contributed by atoms with Gasteiger partial charge in [0.15, 0.2) is 5.52 Å². The molecule has 0 radical (unpaired) electrons. The predicted octanol–water partition coefficient (Wildman–Crippen LogP) is -2.97. The number of aromatic nitrogens is 6. The van der Waals surface area contributed by atoms with E-state index in [1.807, 2.05) is 0 Å². The minimum absolute atomic E-state index is 0.0371. The molecular formula is C18H29N8O9P. The third-order valence-corrected chi connectivity index (χ3v) is 5.27. The molecule has 36 heavy (non-hydrogen) atoms. The molecule has 10 N–H and O–H groups in total. The summed E-state index contributed by atoms with van der Waals surface area (Å²) < 4.78 is 18.3. The number of fused-ring (bicyclic) bond motifs is 1. The average Bonchev–Trinajstić information content (AvgIpc) is 3.21. The zero-order chi connectivity index (χ0) is 26.9. The van der Waals surface area contributed by atoms with Gasteiger partial charge in [0.05, 0.1) is 25.6 Å². The van der Waals surface area contributed by atoms with E-state index in [1.165, 1.54) is 18.6 Å². The molecule has 17 nitrogen and oxygen atoms in total. The Morgan fingerprint density at radius 2 is 1.78 bits per heavy atom. The van der Waals surface area contributed by atoms with Gasteiger partial charge in [-0.05, 0) is 12.5 Å². The van der Waals surface area contributed by atoms with Crippen molar-refractivity contribution in [2.24, 2.45) is 5.92 Å². The lowest BCUT2D eigenvalue weighted by Crippen LogP contribution is -2.32. The highest BCUT2D eigenvalue weighted by atomic mass is 31.2. The molecule has 0 aliphatic carbocycles. The van der Waals surface area contributed by atoms with Gasteiger partial charge >= 0.3 is 18.8 Å². The van der Waals surface area contributed by atoms with Gasteiger partial charge in [-0.1, -0.05) is 0 Å². The van der Waals surface area contributed by atoms with Gasteiger partial charge in [-0.3, -0.25) is 13.9 Å². The Labute approximate surface area is 203 Å². The molecule has 0 saturated carbocycles. The van der Waals surface area contributed by atoms with Crippen LogP contribution in [0.2, 0.25) is 0 Å². The van der Waals surface area contributed by atoms with E-state index in [9.17, 15) is 14.2 Å². The summed E-state index contributed by atoms with van der Waals surface area (Å²) in [5.74, 6) is -0.0867. The van der Waals surface area contributed by atoms with Crippen LogP contribution in [-0.2, 0) is 22.4 Å². The van der Waals surface area contributed by atoms with E-state index in [-0.39, 0.29) is 43.0 Å². The Balaban J connectivity index is 0.000000254. The summed E-state index contributed by atoms with van der Waals surface area (Å²) in [7, 11) is -4.31. The maximum absolute atomic E-state index is 11.5. The molecule has 200 valence electrons. The van der Waals surface area contributed by atoms with Crippen molar-refractivity contribution < 1.29 is 34.4 Å². The highest BCUT2D eigenvalue weighted by Crippen LogP contribution is 2.34. The summed E-state index contributed by atoms with van der Waals surface area (Å²) in [6, 6.07) is 1.39. The number of ether oxygens (including phenoxy) is 1. The fourth-order valence-electron chi connectivity index (χ4n) is 2.88. The molecule has 0 aromatic carbocycles. The number of nitrogen functional groups attached to an aromatic ring is 2. The first-order chi connectivity index (χ1) is 17.0. The summed E-state index contributed by atoms with van der Waals surface area (Å²) in [6.45, 7) is -0.214. The van der Waals surface area contributed by atoms with Gasteiger partial charge < -0.3 is 50.9 Å². The topological polar surface area (TPSA) is 278 Å². The van der Waals surface area contributed by atoms with E-state index in [0.29, 0.717) is 18.6 Å². The van der Waals surface area contributed by atoms with Crippen LogP contribution in [-0.4, -0.2) is 86.4 Å². The van der Waals surface area contributed by atoms with Gasteiger partial charge in [0.1, 0.15) is 17.8 Å². The number of nitrogens with zero attached hydrogens (tertiary/aromatic N) is 5. The maximum Gasteiger partial charge on any atom is 0.350 e. The molecule has 0 aliphatic heterocycles. The molecular weight excluding hydrogens is 503 g/mol. The molecule has 18 heteroatoms. The van der Waals surface area contributed by atoms with Gasteiger partial charge in [-0.25, -0.2) is 9.78 Å². The molecule has 3 aromatic heterocycles. The van der Waals surface area contributed by atoms with Crippen LogP contribution in [0.5, 0.6) is 0 Å². The monoisotopic (exact) mass is 532 g/mol. The Bertz CT molecular complexity index is 1280. The van der Waals surface area contributed by atoms with Crippen LogP contribution in [0.4, 0.5) is 11.8 Å². The number of rotatable bonds is 11. The fourth-order valence-corrected chi connectivity index (χ4v) is 3.28. The smallest absolute Gasteiger partial charge is 0.350 e. The third-order valence-electron chi connectivity index (χ3n) is 4.78. The van der Waals surface area contributed by atoms with E-state index in [2.05, 4.69) is 19.9 Å². The zero-order valence-electron chi connectivity index (χ0n) is 19.0. The van der Waals surface area contributed by atoms with Crippen LogP contribution in [0.1, 0.15) is 6.42 Å². The van der Waals surface area contributed by atoms with E-state index in [0.717, 1.165) is 4.57 Å². The van der Waals surface area contributed by atoms with E-state index in [1.54, 1.807) is 4.57 Å². The lowest BCUT2D eigenvalue weighted by atomic mass is 10.1. The minimum Gasteiger partial charge on any atom is -0.396 e. The van der Waals surface area contributed by atoms with Crippen molar-refractivity contribution in [3.8, 4) is 0 Å². The van der Waals surface area contributed by atoms with Gasteiger partial charge in [0.25, 0.3) is 0 Å². The van der Waals surface area contributed by atoms with Crippen molar-refractivity contribution in [2.45, 2.75) is 25.6 Å². The van der Waals surface area contributed by atoms with Crippen LogP contribution in [0.15, 0.2) is 28.2 Å². The number of H-pyrrole nitrogens is 1. The summed E-state index contributed by atoms with van der Waals surface area (Å²) >= 11 is 0. The van der Waals surface area contributed by atoms with Crippen LogP contribution in [0.25, 0.3) is 11.2 Å². The van der Waals surface area contributed by atoms with Gasteiger partial charge in [-0.15, -0.1) is 0 Å². The minimum atomic E-state index is -4.31. The number of aryl methyl sites for hydroxylation is 1. The maximum atomic E-state index is 11.5. The van der Waals surface area contributed by atoms with Gasteiger partial charge in [0.2, 0.25) is 5.95 Å². The lowest BCUT2D eigenvalue weighted by Gasteiger charge is -2.16. The number of aliphatic hydroxyl groups is 3. The Morgan fingerprint density at radius 3 is 2.36 bits per heavy atom. The second-order valence-corrected chi connectivity index (χ2v) is 9.22. The zero-order valence-corrected chi connectivity index (χ0v) is 19.9. The molecule has 3 aromatic rings. The molecule has 0 spiro atoms. The summed E-state index contributed by atoms with van der Waals surface area (Å²) in [5.41, 5.74) is 10.4. The molecule has 1 atom stereocenters. The quantitative estimate of drug-likeness (QED) is 0.115. The molecule has 0 saturated heterocycles. The highest BCUT2D eigenvalue weighted by molar-refractivity contribution is 7.51. The number of nitrogens with two attached hydrogens (primary N) is 2. The fraction of sp³-hybridized carbons (Fsp3) is 0.500. The average molecular weight is 532 g/mol. The van der Waals surface area contributed by atoms with Gasteiger partial charge in [-0.2, -0.15) is 9.97 Å². The first-order valence-electron chi connectivity index (χ1n) is 10.5. The Hall–Kier alpha value is -3.18. The number of aliphatic hydroxyl groups excluding tert-OH is 3. The molecule has 3 rings (SSSR count). The first kappa shape index (κ1) is 29.1. The number of anilines is 2. The number of aromatic amines is 1. The highest BCUT2D eigenvalue weighted by Gasteiger charge is 2.18. The lowest BCUT2D eigenvalue weighted by molar-refractivity contribution is 0.0188. The molecule has 0 unspecified atom stereocenters. The third kappa shape index (κ3) is 8.80. The molecule has 0 aliphatic rings. The van der Waals surface area contributed by atoms with Crippen molar-refractivity contribution in [3.63, 3.8) is 0 Å². The summed E-state index contributed by atoms with van der Waals surface area (Å²) in [6.07, 6.45) is 1.70. The van der Waals surface area contributed by atoms with Crippen molar-refractivity contribution in [3.05, 3.63) is 39.4 Å².